The van der Waals surface area contributed by atoms with Gasteiger partial charge in [0.1, 0.15) is 5.75 Å². The van der Waals surface area contributed by atoms with E-state index >= 15 is 0 Å². The van der Waals surface area contributed by atoms with Gasteiger partial charge >= 0.3 is 0 Å². The van der Waals surface area contributed by atoms with Gasteiger partial charge in [-0.3, -0.25) is 0 Å². The summed E-state index contributed by atoms with van der Waals surface area (Å²) in [6, 6.07) is 2.88. The first-order chi connectivity index (χ1) is 11.2. The molecule has 0 N–H and O–H groups in total. The van der Waals surface area contributed by atoms with Crippen molar-refractivity contribution < 1.29 is 21.6 Å². The molecule has 1 aromatic rings. The van der Waals surface area contributed by atoms with Crippen LogP contribution >= 0.6 is 0 Å². The lowest BCUT2D eigenvalue weighted by molar-refractivity contribution is 0.332. The van der Waals surface area contributed by atoms with E-state index in [1.54, 1.807) is 33.1 Å². The minimum absolute atomic E-state index is 0.0665. The normalized spacial score (nSPS) is 23.6. The number of nitrogens with zero attached hydrogens (tertiary/aromatic N) is 1. The van der Waals surface area contributed by atoms with Crippen LogP contribution in [0.4, 0.5) is 0 Å². The number of hydrogen-bond donors (Lipinski definition) is 0. The van der Waals surface area contributed by atoms with Crippen LogP contribution in [0.15, 0.2) is 17.0 Å². The fourth-order valence-electron chi connectivity index (χ4n) is 3.54. The standard InChI is InChI=1S/C16H23NO5S2/c1-11-8-15(22-3)9-12(2)16(11)24(20,21)17(13-4-5-13)14-6-7-23(18,19)10-14/h8-9,13-14H,4-7,10H2,1-3H3/t14-/m1/s1. The molecule has 8 heteroatoms. The highest BCUT2D eigenvalue weighted by atomic mass is 32.2. The van der Waals surface area contributed by atoms with Crippen LogP contribution in [0.3, 0.4) is 0 Å². The van der Waals surface area contributed by atoms with E-state index in [4.69, 9.17) is 4.74 Å². The van der Waals surface area contributed by atoms with E-state index in [2.05, 4.69) is 0 Å². The van der Waals surface area contributed by atoms with Crippen molar-refractivity contribution in [2.75, 3.05) is 18.6 Å². The van der Waals surface area contributed by atoms with Crippen molar-refractivity contribution in [3.8, 4) is 5.75 Å². The van der Waals surface area contributed by atoms with E-state index in [1.807, 2.05) is 0 Å². The van der Waals surface area contributed by atoms with Crippen LogP contribution in [0.25, 0.3) is 0 Å². The zero-order valence-corrected chi connectivity index (χ0v) is 15.8. The van der Waals surface area contributed by atoms with Crippen molar-refractivity contribution >= 4 is 19.9 Å². The van der Waals surface area contributed by atoms with E-state index in [-0.39, 0.29) is 22.4 Å². The number of rotatable bonds is 5. The number of methoxy groups -OCH3 is 1. The molecule has 24 heavy (non-hydrogen) atoms. The van der Waals surface area contributed by atoms with Gasteiger partial charge in [-0.1, -0.05) is 0 Å². The predicted molar refractivity (Wildman–Crippen MR) is 91.6 cm³/mol. The molecule has 1 aromatic carbocycles. The highest BCUT2D eigenvalue weighted by molar-refractivity contribution is 7.92. The summed E-state index contributed by atoms with van der Waals surface area (Å²) in [5.41, 5.74) is 1.25. The van der Waals surface area contributed by atoms with Crippen LogP contribution in [-0.4, -0.2) is 51.8 Å². The number of ether oxygens (including phenoxy) is 1. The topological polar surface area (TPSA) is 80.8 Å². The molecule has 2 fully saturated rings. The van der Waals surface area contributed by atoms with Gasteiger partial charge in [0, 0.05) is 12.1 Å². The molecule has 0 amide bonds. The first-order valence-electron chi connectivity index (χ1n) is 8.05. The summed E-state index contributed by atoms with van der Waals surface area (Å²) in [5.74, 6) is 0.610. The second kappa shape index (κ2) is 6.00. The van der Waals surface area contributed by atoms with Gasteiger partial charge in [0.15, 0.2) is 9.84 Å². The van der Waals surface area contributed by atoms with Gasteiger partial charge in [-0.05, 0) is 56.4 Å². The van der Waals surface area contributed by atoms with Crippen molar-refractivity contribution in [1.82, 2.24) is 4.31 Å². The molecular formula is C16H23NO5S2. The zero-order chi connectivity index (χ0) is 17.7. The molecule has 1 saturated carbocycles. The third kappa shape index (κ3) is 3.19. The SMILES string of the molecule is COc1cc(C)c(S(=O)(=O)N(C2CC2)[C@@H]2CCS(=O)(=O)C2)c(C)c1. The Morgan fingerprint density at radius 2 is 1.67 bits per heavy atom. The Bertz CT molecular complexity index is 833. The molecule has 0 bridgehead atoms. The number of hydrogen-bond acceptors (Lipinski definition) is 5. The fourth-order valence-corrected chi connectivity index (χ4v) is 7.66. The smallest absolute Gasteiger partial charge is 0.244 e. The van der Waals surface area contributed by atoms with E-state index < -0.39 is 25.9 Å². The fraction of sp³-hybridized carbons (Fsp3) is 0.625. The lowest BCUT2D eigenvalue weighted by Gasteiger charge is -2.29. The molecule has 2 aliphatic rings. The minimum Gasteiger partial charge on any atom is -0.497 e. The molecule has 0 spiro atoms. The Morgan fingerprint density at radius 3 is 2.08 bits per heavy atom. The number of benzene rings is 1. The molecule has 6 nitrogen and oxygen atoms in total. The Hall–Kier alpha value is -1.12. The quantitative estimate of drug-likeness (QED) is 0.784. The van der Waals surface area contributed by atoms with Crippen LogP contribution in [-0.2, 0) is 19.9 Å². The molecule has 3 rings (SSSR count). The van der Waals surface area contributed by atoms with Gasteiger partial charge in [-0.2, -0.15) is 4.31 Å². The highest BCUT2D eigenvalue weighted by Gasteiger charge is 2.46. The second-order valence-electron chi connectivity index (χ2n) is 6.71. The van der Waals surface area contributed by atoms with E-state index in [0.29, 0.717) is 23.3 Å². The maximum Gasteiger partial charge on any atom is 0.244 e. The van der Waals surface area contributed by atoms with Gasteiger partial charge in [0.05, 0.1) is 23.5 Å². The van der Waals surface area contributed by atoms with Crippen molar-refractivity contribution in [2.45, 2.75) is 50.1 Å². The van der Waals surface area contributed by atoms with E-state index in [0.717, 1.165) is 12.8 Å². The lowest BCUT2D eigenvalue weighted by Crippen LogP contribution is -2.43. The lowest BCUT2D eigenvalue weighted by atomic mass is 10.1. The van der Waals surface area contributed by atoms with Crippen LogP contribution < -0.4 is 4.74 Å². The second-order valence-corrected chi connectivity index (χ2v) is 10.7. The Balaban J connectivity index is 2.05. The van der Waals surface area contributed by atoms with Crippen LogP contribution in [0.2, 0.25) is 0 Å². The molecule has 1 atom stereocenters. The van der Waals surface area contributed by atoms with Crippen LogP contribution in [0, 0.1) is 13.8 Å². The largest absolute Gasteiger partial charge is 0.497 e. The number of sulfone groups is 1. The van der Waals surface area contributed by atoms with Crippen molar-refractivity contribution in [3.05, 3.63) is 23.3 Å². The summed E-state index contributed by atoms with van der Waals surface area (Å²) in [6.45, 7) is 3.50. The van der Waals surface area contributed by atoms with Crippen molar-refractivity contribution in [1.29, 1.82) is 0 Å². The maximum atomic E-state index is 13.3. The summed E-state index contributed by atoms with van der Waals surface area (Å²) in [4.78, 5) is 0.277. The Labute approximate surface area is 143 Å². The molecule has 0 radical (unpaired) electrons. The molecule has 1 aliphatic carbocycles. The summed E-state index contributed by atoms with van der Waals surface area (Å²) >= 11 is 0. The van der Waals surface area contributed by atoms with Gasteiger partial charge in [0.25, 0.3) is 0 Å². The molecule has 1 heterocycles. The highest BCUT2D eigenvalue weighted by Crippen LogP contribution is 2.39. The average Bonchev–Trinajstić information content (AvgIpc) is 3.21. The van der Waals surface area contributed by atoms with Crippen LogP contribution in [0.1, 0.15) is 30.4 Å². The molecule has 0 aromatic heterocycles. The van der Waals surface area contributed by atoms with Gasteiger partial charge < -0.3 is 4.74 Å². The van der Waals surface area contributed by atoms with E-state index in [9.17, 15) is 16.8 Å². The summed E-state index contributed by atoms with van der Waals surface area (Å²) in [6.07, 6.45) is 1.97. The number of sulfonamides is 1. The Kier molecular flexibility index (Phi) is 4.42. The Morgan fingerprint density at radius 1 is 1.08 bits per heavy atom. The van der Waals surface area contributed by atoms with Crippen LogP contribution in [0.5, 0.6) is 5.75 Å². The summed E-state index contributed by atoms with van der Waals surface area (Å²) in [5, 5.41) is 0. The van der Waals surface area contributed by atoms with E-state index in [1.165, 1.54) is 4.31 Å². The first-order valence-corrected chi connectivity index (χ1v) is 11.3. The monoisotopic (exact) mass is 373 g/mol. The van der Waals surface area contributed by atoms with Gasteiger partial charge in [0.2, 0.25) is 10.0 Å². The predicted octanol–water partition coefficient (Wildman–Crippen LogP) is 1.65. The molecule has 1 saturated heterocycles. The van der Waals surface area contributed by atoms with Gasteiger partial charge in [-0.15, -0.1) is 0 Å². The molecule has 134 valence electrons. The summed E-state index contributed by atoms with van der Waals surface area (Å²) in [7, 11) is -5.35. The zero-order valence-electron chi connectivity index (χ0n) is 14.1. The minimum atomic E-state index is -3.74. The molecular weight excluding hydrogens is 350 g/mol. The maximum absolute atomic E-state index is 13.3. The number of aryl methyl sites for hydroxylation is 2. The summed E-state index contributed by atoms with van der Waals surface area (Å²) < 4.78 is 57.0. The third-order valence-corrected chi connectivity index (χ3v) is 8.74. The van der Waals surface area contributed by atoms with Gasteiger partial charge in [-0.25, -0.2) is 16.8 Å². The first kappa shape index (κ1) is 17.7. The molecule has 1 aliphatic heterocycles. The molecule has 0 unspecified atom stereocenters. The average molecular weight is 373 g/mol. The van der Waals surface area contributed by atoms with Crippen molar-refractivity contribution in [3.63, 3.8) is 0 Å². The third-order valence-electron chi connectivity index (χ3n) is 4.68. The van der Waals surface area contributed by atoms with Crippen molar-refractivity contribution in [2.24, 2.45) is 0 Å².